The molecule has 0 radical (unpaired) electrons. The van der Waals surface area contributed by atoms with Crippen molar-refractivity contribution < 1.29 is 19.4 Å². The van der Waals surface area contributed by atoms with Crippen LogP contribution in [0.1, 0.15) is 54.6 Å². The van der Waals surface area contributed by atoms with Gasteiger partial charge in [0.2, 0.25) is 0 Å². The maximum absolute atomic E-state index is 12.2. The summed E-state index contributed by atoms with van der Waals surface area (Å²) in [6.07, 6.45) is 5.60. The molecule has 2 rings (SSSR count). The molecule has 1 heterocycles. The molecule has 0 aliphatic heterocycles. The van der Waals surface area contributed by atoms with E-state index in [9.17, 15) is 9.90 Å². The molecule has 27 heavy (non-hydrogen) atoms. The fourth-order valence-electron chi connectivity index (χ4n) is 2.73. The zero-order chi connectivity index (χ0) is 19.8. The standard InChI is InChI=1S/C22H29NO4/c1-15(2)11-20(24)19-7-8-21(17(4)22(19)25)27-10-6-5-9-26-18-12-16(3)13-23-14-18/h7-8,12-15,25H,5-6,9-11H2,1-4H3. The minimum Gasteiger partial charge on any atom is -0.507 e. The van der Waals surface area contributed by atoms with E-state index in [0.717, 1.165) is 24.2 Å². The van der Waals surface area contributed by atoms with Crippen molar-refractivity contribution in [3.63, 3.8) is 0 Å². The van der Waals surface area contributed by atoms with Crippen LogP contribution >= 0.6 is 0 Å². The van der Waals surface area contributed by atoms with Gasteiger partial charge >= 0.3 is 0 Å². The molecule has 0 bridgehead atoms. The third kappa shape index (κ3) is 6.27. The van der Waals surface area contributed by atoms with Crippen molar-refractivity contribution in [3.8, 4) is 17.2 Å². The number of carbonyl (C=O) groups is 1. The zero-order valence-corrected chi connectivity index (χ0v) is 16.6. The molecular formula is C22H29NO4. The Morgan fingerprint density at radius 1 is 1.11 bits per heavy atom. The van der Waals surface area contributed by atoms with Gasteiger partial charge in [0.1, 0.15) is 17.2 Å². The van der Waals surface area contributed by atoms with Crippen molar-refractivity contribution in [2.45, 2.75) is 47.0 Å². The van der Waals surface area contributed by atoms with Gasteiger partial charge in [-0.25, -0.2) is 0 Å². The fourth-order valence-corrected chi connectivity index (χ4v) is 2.73. The number of aromatic nitrogens is 1. The second-order valence-electron chi connectivity index (χ2n) is 7.21. The number of unbranched alkanes of at least 4 members (excludes halogenated alkanes) is 1. The molecule has 2 aromatic rings. The second kappa shape index (κ2) is 9.95. The number of ether oxygens (including phenoxy) is 2. The predicted molar refractivity (Wildman–Crippen MR) is 106 cm³/mol. The van der Waals surface area contributed by atoms with Crippen molar-refractivity contribution in [1.29, 1.82) is 0 Å². The van der Waals surface area contributed by atoms with Gasteiger partial charge in [-0.1, -0.05) is 13.8 Å². The summed E-state index contributed by atoms with van der Waals surface area (Å²) >= 11 is 0. The Balaban J connectivity index is 1.79. The van der Waals surface area contributed by atoms with Crippen molar-refractivity contribution >= 4 is 5.78 Å². The first-order valence-corrected chi connectivity index (χ1v) is 9.41. The molecule has 0 atom stereocenters. The van der Waals surface area contributed by atoms with Gasteiger partial charge in [0.25, 0.3) is 0 Å². The van der Waals surface area contributed by atoms with Gasteiger partial charge in [-0.05, 0) is 56.4 Å². The number of aryl methyl sites for hydroxylation is 1. The molecule has 146 valence electrons. The predicted octanol–water partition coefficient (Wildman–Crippen LogP) is 4.87. The number of ketones is 1. The topological polar surface area (TPSA) is 68.7 Å². The van der Waals surface area contributed by atoms with Crippen LogP contribution in [0.2, 0.25) is 0 Å². The van der Waals surface area contributed by atoms with Crippen molar-refractivity contribution in [1.82, 2.24) is 4.98 Å². The van der Waals surface area contributed by atoms with E-state index in [2.05, 4.69) is 4.98 Å². The third-order valence-corrected chi connectivity index (χ3v) is 4.19. The van der Waals surface area contributed by atoms with Crippen LogP contribution < -0.4 is 9.47 Å². The molecule has 0 saturated carbocycles. The van der Waals surface area contributed by atoms with E-state index in [1.54, 1.807) is 31.5 Å². The van der Waals surface area contributed by atoms with Crippen LogP contribution in [0, 0.1) is 19.8 Å². The molecule has 1 aromatic heterocycles. The molecule has 0 amide bonds. The number of phenols is 1. The van der Waals surface area contributed by atoms with Gasteiger partial charge in [-0.3, -0.25) is 9.78 Å². The molecule has 0 unspecified atom stereocenters. The average molecular weight is 371 g/mol. The first kappa shape index (κ1) is 20.7. The van der Waals surface area contributed by atoms with Crippen molar-refractivity contribution in [3.05, 3.63) is 47.3 Å². The van der Waals surface area contributed by atoms with Crippen LogP contribution in [-0.2, 0) is 0 Å². The van der Waals surface area contributed by atoms with Gasteiger partial charge in [0.05, 0.1) is 25.0 Å². The summed E-state index contributed by atoms with van der Waals surface area (Å²) in [7, 11) is 0. The van der Waals surface area contributed by atoms with E-state index in [1.807, 2.05) is 26.8 Å². The van der Waals surface area contributed by atoms with Crippen LogP contribution in [0.5, 0.6) is 17.2 Å². The smallest absolute Gasteiger partial charge is 0.166 e. The highest BCUT2D eigenvalue weighted by molar-refractivity contribution is 5.99. The molecule has 0 saturated heterocycles. The van der Waals surface area contributed by atoms with Crippen LogP contribution in [0.25, 0.3) is 0 Å². The minimum atomic E-state index is -0.0417. The molecule has 1 aromatic carbocycles. The Morgan fingerprint density at radius 2 is 1.81 bits per heavy atom. The molecule has 0 aliphatic rings. The van der Waals surface area contributed by atoms with E-state index < -0.39 is 0 Å². The van der Waals surface area contributed by atoms with Gasteiger partial charge < -0.3 is 14.6 Å². The van der Waals surface area contributed by atoms with E-state index in [-0.39, 0.29) is 17.5 Å². The number of benzene rings is 1. The number of hydrogen-bond acceptors (Lipinski definition) is 5. The third-order valence-electron chi connectivity index (χ3n) is 4.19. The van der Waals surface area contributed by atoms with E-state index in [4.69, 9.17) is 9.47 Å². The zero-order valence-electron chi connectivity index (χ0n) is 16.6. The van der Waals surface area contributed by atoms with E-state index >= 15 is 0 Å². The number of phenolic OH excluding ortho intramolecular Hbond substituents is 1. The Morgan fingerprint density at radius 3 is 2.48 bits per heavy atom. The molecule has 0 spiro atoms. The van der Waals surface area contributed by atoms with Crippen LogP contribution in [0.4, 0.5) is 0 Å². The number of hydrogen-bond donors (Lipinski definition) is 1. The summed E-state index contributed by atoms with van der Waals surface area (Å²) < 4.78 is 11.4. The maximum Gasteiger partial charge on any atom is 0.166 e. The van der Waals surface area contributed by atoms with E-state index in [1.165, 1.54) is 0 Å². The number of nitrogens with zero attached hydrogens (tertiary/aromatic N) is 1. The summed E-state index contributed by atoms with van der Waals surface area (Å²) in [6, 6.07) is 5.37. The molecule has 5 heteroatoms. The number of rotatable bonds is 10. The first-order chi connectivity index (χ1) is 12.9. The monoisotopic (exact) mass is 371 g/mol. The highest BCUT2D eigenvalue weighted by atomic mass is 16.5. The number of carbonyl (C=O) groups excluding carboxylic acids is 1. The first-order valence-electron chi connectivity index (χ1n) is 9.41. The normalized spacial score (nSPS) is 10.9. The number of Topliss-reactive ketones (excluding diaryl/α,β-unsaturated/α-hetero) is 1. The Labute approximate surface area is 161 Å². The molecule has 1 N–H and O–H groups in total. The lowest BCUT2D eigenvalue weighted by Crippen LogP contribution is -2.06. The molecule has 0 aliphatic carbocycles. The molecule has 0 fully saturated rings. The maximum atomic E-state index is 12.2. The fraction of sp³-hybridized carbons (Fsp3) is 0.455. The van der Waals surface area contributed by atoms with Crippen LogP contribution in [-0.4, -0.2) is 29.1 Å². The highest BCUT2D eigenvalue weighted by Gasteiger charge is 2.16. The lowest BCUT2D eigenvalue weighted by molar-refractivity contribution is 0.0965. The Hall–Kier alpha value is -2.56. The van der Waals surface area contributed by atoms with Gasteiger partial charge in [-0.2, -0.15) is 0 Å². The van der Waals surface area contributed by atoms with E-state index in [0.29, 0.717) is 36.5 Å². The van der Waals surface area contributed by atoms with Gasteiger partial charge in [0.15, 0.2) is 5.78 Å². The average Bonchev–Trinajstić information content (AvgIpc) is 2.60. The number of aromatic hydroxyl groups is 1. The largest absolute Gasteiger partial charge is 0.507 e. The highest BCUT2D eigenvalue weighted by Crippen LogP contribution is 2.31. The van der Waals surface area contributed by atoms with Crippen LogP contribution in [0.15, 0.2) is 30.6 Å². The summed E-state index contributed by atoms with van der Waals surface area (Å²) in [5.74, 6) is 1.62. The summed E-state index contributed by atoms with van der Waals surface area (Å²) in [6.45, 7) is 8.84. The molecular weight excluding hydrogens is 342 g/mol. The summed E-state index contributed by atoms with van der Waals surface area (Å²) in [5, 5.41) is 10.3. The minimum absolute atomic E-state index is 0.0217. The lowest BCUT2D eigenvalue weighted by atomic mass is 9.98. The summed E-state index contributed by atoms with van der Waals surface area (Å²) in [4.78, 5) is 16.3. The quantitative estimate of drug-likeness (QED) is 0.477. The summed E-state index contributed by atoms with van der Waals surface area (Å²) in [5.41, 5.74) is 2.04. The van der Waals surface area contributed by atoms with Gasteiger partial charge in [0, 0.05) is 18.2 Å². The SMILES string of the molecule is Cc1cncc(OCCCCOc2ccc(C(=O)CC(C)C)c(O)c2C)c1. The van der Waals surface area contributed by atoms with Crippen LogP contribution in [0.3, 0.4) is 0 Å². The van der Waals surface area contributed by atoms with Crippen molar-refractivity contribution in [2.24, 2.45) is 5.92 Å². The Bertz CT molecular complexity index is 771. The molecule has 5 nitrogen and oxygen atoms in total. The van der Waals surface area contributed by atoms with Crippen molar-refractivity contribution in [2.75, 3.05) is 13.2 Å². The number of pyridine rings is 1. The Kier molecular flexibility index (Phi) is 7.65. The van der Waals surface area contributed by atoms with Gasteiger partial charge in [-0.15, -0.1) is 0 Å². The second-order valence-corrected chi connectivity index (χ2v) is 7.21. The lowest BCUT2D eigenvalue weighted by Gasteiger charge is -2.13.